The average molecular weight is 665 g/mol. The Kier molecular flexibility index (Phi) is 8.40. The second-order valence-corrected chi connectivity index (χ2v) is 20.2. The van der Waals surface area contributed by atoms with E-state index in [1.807, 2.05) is 12.1 Å². The smallest absolute Gasteiger partial charge is 0.337 e. The van der Waals surface area contributed by atoms with Crippen LogP contribution in [0, 0.1) is 45.3 Å². The van der Waals surface area contributed by atoms with Crippen molar-refractivity contribution in [2.75, 3.05) is 44.8 Å². The van der Waals surface area contributed by atoms with Crippen LogP contribution in [-0.2, 0) is 14.6 Å². The van der Waals surface area contributed by atoms with Gasteiger partial charge in [0.2, 0.25) is 0 Å². The summed E-state index contributed by atoms with van der Waals surface area (Å²) >= 11 is 0. The number of rotatable bonds is 6. The summed E-state index contributed by atoms with van der Waals surface area (Å²) in [6.07, 6.45) is 15.7. The maximum Gasteiger partial charge on any atom is 0.337 e. The molecule has 6 aliphatic rings. The van der Waals surface area contributed by atoms with Crippen LogP contribution >= 0.6 is 0 Å². The van der Waals surface area contributed by atoms with Crippen LogP contribution in [0.3, 0.4) is 0 Å². The van der Waals surface area contributed by atoms with Crippen LogP contribution < -0.4 is 5.32 Å². The first kappa shape index (κ1) is 33.8. The summed E-state index contributed by atoms with van der Waals surface area (Å²) in [5.41, 5.74) is 4.63. The number of benzene rings is 1. The molecule has 6 nitrogen and oxygen atoms in total. The highest BCUT2D eigenvalue weighted by atomic mass is 32.2. The van der Waals surface area contributed by atoms with Crippen molar-refractivity contribution >= 4 is 21.4 Å². The van der Waals surface area contributed by atoms with Gasteiger partial charge in [-0.05, 0) is 126 Å². The standard InChI is InChI=1S/C40H60N2O4S/c1-36(2)30(28-9-11-29(12-10-28)35(43)46-6)15-18-37(3)33(36)16-19-39(5)34(37)14-13-31-32-8-7-17-40(32,21-20-38(31,39)4)41-22-23-42-24-26-47(44,45)27-25-42/h9-12,15,31-34,41H,7-8,13-14,16-27H2,1-6H3. The molecular weight excluding hydrogens is 605 g/mol. The highest BCUT2D eigenvalue weighted by Crippen LogP contribution is 2.76. The van der Waals surface area contributed by atoms with Crippen LogP contribution in [0.1, 0.15) is 115 Å². The molecule has 1 aliphatic heterocycles. The van der Waals surface area contributed by atoms with Crippen molar-refractivity contribution in [3.05, 3.63) is 41.5 Å². The Morgan fingerprint density at radius 3 is 2.30 bits per heavy atom. The second kappa shape index (κ2) is 11.7. The predicted molar refractivity (Wildman–Crippen MR) is 190 cm³/mol. The molecule has 260 valence electrons. The Hall–Kier alpha value is -1.70. The third-order valence-electron chi connectivity index (χ3n) is 15.9. The van der Waals surface area contributed by atoms with Gasteiger partial charge in [-0.25, -0.2) is 13.2 Å². The lowest BCUT2D eigenvalue weighted by molar-refractivity contribution is -0.217. The first-order chi connectivity index (χ1) is 22.2. The monoisotopic (exact) mass is 664 g/mol. The van der Waals surface area contributed by atoms with Gasteiger partial charge in [0.25, 0.3) is 0 Å². The summed E-state index contributed by atoms with van der Waals surface area (Å²) in [4.78, 5) is 14.4. The lowest BCUT2D eigenvalue weighted by atomic mass is 9.33. The average Bonchev–Trinajstić information content (AvgIpc) is 3.46. The molecule has 0 bridgehead atoms. The second-order valence-electron chi connectivity index (χ2n) is 17.9. The van der Waals surface area contributed by atoms with Crippen LogP contribution in [0.4, 0.5) is 0 Å². The van der Waals surface area contributed by atoms with Crippen molar-refractivity contribution in [2.45, 2.75) is 104 Å². The van der Waals surface area contributed by atoms with Crippen LogP contribution in [-0.4, -0.2) is 69.6 Å². The molecule has 8 unspecified atom stereocenters. The summed E-state index contributed by atoms with van der Waals surface area (Å²) in [5.74, 6) is 3.26. The number of nitrogens with zero attached hydrogens (tertiary/aromatic N) is 1. The van der Waals surface area contributed by atoms with Crippen LogP contribution in [0.15, 0.2) is 30.3 Å². The van der Waals surface area contributed by atoms with E-state index in [0.717, 1.165) is 37.3 Å². The Labute approximate surface area is 284 Å². The fraction of sp³-hybridized carbons (Fsp3) is 0.775. The molecule has 7 rings (SSSR count). The number of hydrogen-bond donors (Lipinski definition) is 1. The molecule has 0 radical (unpaired) electrons. The maximum atomic E-state index is 12.1. The van der Waals surface area contributed by atoms with E-state index in [1.165, 1.54) is 76.0 Å². The number of esters is 1. The van der Waals surface area contributed by atoms with Crippen molar-refractivity contribution in [2.24, 2.45) is 45.3 Å². The summed E-state index contributed by atoms with van der Waals surface area (Å²) in [6.45, 7) is 16.4. The minimum Gasteiger partial charge on any atom is -0.465 e. The van der Waals surface area contributed by atoms with Gasteiger partial charge in [0.05, 0.1) is 24.2 Å². The number of nitrogens with one attached hydrogen (secondary N) is 1. The molecule has 0 spiro atoms. The maximum absolute atomic E-state index is 12.1. The molecule has 1 aromatic carbocycles. The van der Waals surface area contributed by atoms with Crippen molar-refractivity contribution in [3.63, 3.8) is 0 Å². The van der Waals surface area contributed by atoms with Gasteiger partial charge in [0.1, 0.15) is 0 Å². The number of sulfone groups is 1. The van der Waals surface area contributed by atoms with E-state index in [0.29, 0.717) is 46.9 Å². The highest BCUT2D eigenvalue weighted by molar-refractivity contribution is 7.91. The topological polar surface area (TPSA) is 75.7 Å². The summed E-state index contributed by atoms with van der Waals surface area (Å²) < 4.78 is 28.8. The zero-order chi connectivity index (χ0) is 33.5. The minimum atomic E-state index is -2.83. The van der Waals surface area contributed by atoms with Gasteiger partial charge in [-0.3, -0.25) is 0 Å². The molecule has 1 N–H and O–H groups in total. The molecular formula is C40H60N2O4S. The van der Waals surface area contributed by atoms with Gasteiger partial charge < -0.3 is 15.0 Å². The van der Waals surface area contributed by atoms with Gasteiger partial charge in [-0.15, -0.1) is 0 Å². The van der Waals surface area contributed by atoms with Crippen LogP contribution in [0.2, 0.25) is 0 Å². The number of methoxy groups -OCH3 is 1. The van der Waals surface area contributed by atoms with Crippen LogP contribution in [0.25, 0.3) is 5.57 Å². The third kappa shape index (κ3) is 5.21. The molecule has 47 heavy (non-hydrogen) atoms. The van der Waals surface area contributed by atoms with Gasteiger partial charge in [0.15, 0.2) is 9.84 Å². The summed E-state index contributed by atoms with van der Waals surface area (Å²) in [6, 6.07) is 8.10. The number of hydrogen-bond acceptors (Lipinski definition) is 6. The normalized spacial score (nSPS) is 42.3. The van der Waals surface area contributed by atoms with Crippen molar-refractivity contribution in [1.29, 1.82) is 0 Å². The number of allylic oxidation sites excluding steroid dienone is 2. The zero-order valence-corrected chi connectivity index (χ0v) is 30.8. The van der Waals surface area contributed by atoms with Crippen molar-refractivity contribution in [1.82, 2.24) is 10.2 Å². The van der Waals surface area contributed by atoms with Crippen molar-refractivity contribution < 1.29 is 17.9 Å². The SMILES string of the molecule is COC(=O)c1ccc(C2=CCC3(C)C(CCC4(C)C3CCC3C5CCCC5(NCCN5CCS(=O)(=O)CC5)CCC34C)C2(C)C)cc1. The molecule has 0 amide bonds. The fourth-order valence-electron chi connectivity index (χ4n) is 13.3. The number of carbonyl (C=O) groups excluding carboxylic acids is 1. The molecule has 5 fully saturated rings. The predicted octanol–water partition coefficient (Wildman–Crippen LogP) is 7.39. The van der Waals surface area contributed by atoms with E-state index in [4.69, 9.17) is 4.74 Å². The highest BCUT2D eigenvalue weighted by Gasteiger charge is 2.69. The third-order valence-corrected chi connectivity index (χ3v) is 17.5. The van der Waals surface area contributed by atoms with Gasteiger partial charge in [-0.2, -0.15) is 0 Å². The Bertz CT molecular complexity index is 1500. The molecule has 1 heterocycles. The number of carbonyl (C=O) groups is 1. The molecule has 0 aromatic heterocycles. The Balaban J connectivity index is 1.10. The lowest BCUT2D eigenvalue weighted by Gasteiger charge is -2.72. The minimum absolute atomic E-state index is 0.0640. The Morgan fingerprint density at radius 1 is 0.872 bits per heavy atom. The van der Waals surface area contributed by atoms with E-state index < -0.39 is 9.84 Å². The van der Waals surface area contributed by atoms with Gasteiger partial charge >= 0.3 is 5.97 Å². The number of ether oxygens (including phenoxy) is 1. The van der Waals surface area contributed by atoms with E-state index in [9.17, 15) is 13.2 Å². The largest absolute Gasteiger partial charge is 0.465 e. The summed E-state index contributed by atoms with van der Waals surface area (Å²) in [7, 11) is -1.39. The molecule has 8 atom stereocenters. The summed E-state index contributed by atoms with van der Waals surface area (Å²) in [5, 5.41) is 4.17. The first-order valence-corrected chi connectivity index (χ1v) is 20.6. The van der Waals surface area contributed by atoms with E-state index in [-0.39, 0.29) is 22.3 Å². The molecule has 4 saturated carbocycles. The van der Waals surface area contributed by atoms with E-state index in [1.54, 1.807) is 0 Å². The molecule has 1 saturated heterocycles. The number of fused-ring (bicyclic) bond motifs is 7. The van der Waals surface area contributed by atoms with Crippen LogP contribution in [0.5, 0.6) is 0 Å². The molecule has 5 aliphatic carbocycles. The van der Waals surface area contributed by atoms with E-state index in [2.05, 4.69) is 63.0 Å². The zero-order valence-electron chi connectivity index (χ0n) is 30.0. The quantitative estimate of drug-likeness (QED) is 0.320. The molecule has 7 heteroatoms. The fourth-order valence-corrected chi connectivity index (χ4v) is 14.6. The lowest BCUT2D eigenvalue weighted by Crippen LogP contribution is -2.67. The van der Waals surface area contributed by atoms with E-state index >= 15 is 0 Å². The molecule has 1 aromatic rings. The van der Waals surface area contributed by atoms with Gasteiger partial charge in [-0.1, -0.05) is 59.2 Å². The first-order valence-electron chi connectivity index (χ1n) is 18.8. The van der Waals surface area contributed by atoms with Crippen molar-refractivity contribution in [3.8, 4) is 0 Å². The van der Waals surface area contributed by atoms with Gasteiger partial charge in [0, 0.05) is 31.7 Å². The Morgan fingerprint density at radius 2 is 1.60 bits per heavy atom.